The molecule has 0 radical (unpaired) electrons. The van der Waals surface area contributed by atoms with Gasteiger partial charge in [-0.05, 0) is 163 Å². The van der Waals surface area contributed by atoms with Gasteiger partial charge in [0.15, 0.2) is 0 Å². The Morgan fingerprint density at radius 1 is 0.368 bits per heavy atom. The minimum absolute atomic E-state index is 0.0414. The predicted molar refractivity (Wildman–Crippen MR) is 245 cm³/mol. The first-order chi connectivity index (χ1) is 28.0. The van der Waals surface area contributed by atoms with Crippen LogP contribution in [0.1, 0.15) is 63.5 Å². The van der Waals surface area contributed by atoms with Gasteiger partial charge in [0, 0.05) is 43.0 Å². The summed E-state index contributed by atoms with van der Waals surface area (Å²) < 4.78 is 0. The van der Waals surface area contributed by atoms with E-state index in [9.17, 15) is 0 Å². The standard InChI is InChI=1S/C55H50N2/c1-55(2)51-22-8-7-20-44(51)45-26-23-39(34-52(45)55)38-17-13-18-40(33-38)53-47-27-24-42(57-31-11-4-12-32-57)36-50(47)54(46-21-14-16-37-15-5-6-19-43(37)46)48-28-25-41(35-49(48)53)56-29-9-3-10-30-56/h5-8,13-28,33-36H,3-4,9-12,29-32H2,1-2H3. The molecule has 0 aromatic heterocycles. The first kappa shape index (κ1) is 34.4. The van der Waals surface area contributed by atoms with E-state index in [1.165, 1.54) is 138 Å². The van der Waals surface area contributed by atoms with Crippen molar-refractivity contribution in [3.63, 3.8) is 0 Å². The van der Waals surface area contributed by atoms with Crippen molar-refractivity contribution in [1.82, 2.24) is 0 Å². The van der Waals surface area contributed by atoms with E-state index < -0.39 is 0 Å². The molecule has 0 spiro atoms. The zero-order chi connectivity index (χ0) is 38.1. The first-order valence-electron chi connectivity index (χ1n) is 21.4. The van der Waals surface area contributed by atoms with E-state index in [-0.39, 0.29) is 5.41 Å². The molecule has 11 rings (SSSR count). The lowest BCUT2D eigenvalue weighted by Gasteiger charge is -2.30. The molecule has 2 heterocycles. The van der Waals surface area contributed by atoms with Gasteiger partial charge in [-0.25, -0.2) is 0 Å². The molecular weight excluding hydrogens is 689 g/mol. The second-order valence-electron chi connectivity index (χ2n) is 17.3. The minimum atomic E-state index is -0.0414. The molecule has 3 aliphatic rings. The second kappa shape index (κ2) is 13.7. The number of hydrogen-bond donors (Lipinski definition) is 0. The molecule has 0 saturated carbocycles. The third-order valence-corrected chi connectivity index (χ3v) is 13.7. The van der Waals surface area contributed by atoms with E-state index in [2.05, 4.69) is 169 Å². The van der Waals surface area contributed by atoms with Crippen molar-refractivity contribution in [3.05, 3.63) is 157 Å². The maximum atomic E-state index is 2.62. The SMILES string of the molecule is CC1(C)c2ccccc2-c2ccc(-c3cccc(-c4c5cc(N6CCCCC6)ccc5c(-c5cccc6ccccc56)c5cc(N6CCCCC6)ccc45)c3)cc21. The van der Waals surface area contributed by atoms with Gasteiger partial charge in [-0.3, -0.25) is 0 Å². The molecule has 2 nitrogen and oxygen atoms in total. The van der Waals surface area contributed by atoms with E-state index in [4.69, 9.17) is 0 Å². The highest BCUT2D eigenvalue weighted by atomic mass is 15.1. The summed E-state index contributed by atoms with van der Waals surface area (Å²) in [6, 6.07) is 56.1. The van der Waals surface area contributed by atoms with E-state index in [1.54, 1.807) is 0 Å². The largest absolute Gasteiger partial charge is 0.372 e. The number of benzene rings is 8. The summed E-state index contributed by atoms with van der Waals surface area (Å²) in [4.78, 5) is 5.24. The van der Waals surface area contributed by atoms with Crippen LogP contribution in [0.4, 0.5) is 11.4 Å². The van der Waals surface area contributed by atoms with Crippen LogP contribution in [0, 0.1) is 0 Å². The zero-order valence-corrected chi connectivity index (χ0v) is 33.3. The van der Waals surface area contributed by atoms with Crippen LogP contribution >= 0.6 is 0 Å². The Kier molecular flexibility index (Phi) is 8.24. The van der Waals surface area contributed by atoms with Crippen LogP contribution in [0.5, 0.6) is 0 Å². The highest BCUT2D eigenvalue weighted by molar-refractivity contribution is 6.24. The Hall–Kier alpha value is -5.86. The van der Waals surface area contributed by atoms with E-state index in [0.717, 1.165) is 26.2 Å². The lowest BCUT2D eigenvalue weighted by Crippen LogP contribution is -2.29. The number of nitrogens with zero attached hydrogens (tertiary/aromatic N) is 2. The lowest BCUT2D eigenvalue weighted by molar-refractivity contribution is 0.578. The maximum Gasteiger partial charge on any atom is 0.0372 e. The highest BCUT2D eigenvalue weighted by Gasteiger charge is 2.35. The van der Waals surface area contributed by atoms with Crippen molar-refractivity contribution < 1.29 is 0 Å². The monoisotopic (exact) mass is 738 g/mol. The van der Waals surface area contributed by atoms with Crippen LogP contribution in [0.3, 0.4) is 0 Å². The number of piperidine rings is 2. The lowest BCUT2D eigenvalue weighted by atomic mass is 9.81. The fraction of sp³-hybridized carbons (Fsp3) is 0.236. The average Bonchev–Trinajstić information content (AvgIpc) is 3.51. The summed E-state index contributed by atoms with van der Waals surface area (Å²) in [5.74, 6) is 0. The molecule has 2 aliphatic heterocycles. The van der Waals surface area contributed by atoms with E-state index in [0.29, 0.717) is 0 Å². The third kappa shape index (κ3) is 5.67. The van der Waals surface area contributed by atoms with Crippen molar-refractivity contribution >= 4 is 43.7 Å². The van der Waals surface area contributed by atoms with Gasteiger partial charge >= 0.3 is 0 Å². The van der Waals surface area contributed by atoms with Crippen molar-refractivity contribution in [1.29, 1.82) is 0 Å². The first-order valence-corrected chi connectivity index (χ1v) is 21.4. The van der Waals surface area contributed by atoms with Crippen molar-refractivity contribution in [2.45, 2.75) is 57.8 Å². The van der Waals surface area contributed by atoms with Crippen LogP contribution in [-0.4, -0.2) is 26.2 Å². The summed E-state index contributed by atoms with van der Waals surface area (Å²) >= 11 is 0. The number of rotatable bonds is 5. The molecule has 0 unspecified atom stereocenters. The third-order valence-electron chi connectivity index (χ3n) is 13.7. The minimum Gasteiger partial charge on any atom is -0.372 e. The molecule has 280 valence electrons. The van der Waals surface area contributed by atoms with E-state index >= 15 is 0 Å². The topological polar surface area (TPSA) is 6.48 Å². The normalized spacial score (nSPS) is 16.3. The van der Waals surface area contributed by atoms with E-state index in [1.807, 2.05) is 0 Å². The van der Waals surface area contributed by atoms with Gasteiger partial charge < -0.3 is 9.80 Å². The van der Waals surface area contributed by atoms with Gasteiger partial charge in [-0.15, -0.1) is 0 Å². The summed E-state index contributed by atoms with van der Waals surface area (Å²) in [6.07, 6.45) is 7.68. The fourth-order valence-electron chi connectivity index (χ4n) is 10.7. The van der Waals surface area contributed by atoms with Crippen LogP contribution < -0.4 is 9.80 Å². The van der Waals surface area contributed by atoms with Gasteiger partial charge in [0.25, 0.3) is 0 Å². The Bertz CT molecular complexity index is 2840. The smallest absolute Gasteiger partial charge is 0.0372 e. The Morgan fingerprint density at radius 3 is 1.68 bits per heavy atom. The molecule has 0 amide bonds. The Morgan fingerprint density at radius 2 is 0.930 bits per heavy atom. The zero-order valence-electron chi connectivity index (χ0n) is 33.3. The van der Waals surface area contributed by atoms with Crippen molar-refractivity contribution in [2.75, 3.05) is 36.0 Å². The van der Waals surface area contributed by atoms with Gasteiger partial charge in [0.05, 0.1) is 0 Å². The van der Waals surface area contributed by atoms with Gasteiger partial charge in [-0.1, -0.05) is 123 Å². The molecule has 8 aromatic rings. The van der Waals surface area contributed by atoms with Gasteiger partial charge in [0.1, 0.15) is 0 Å². The Balaban J connectivity index is 1.17. The molecular formula is C55H50N2. The molecule has 0 N–H and O–H groups in total. The summed E-state index contributed by atoms with van der Waals surface area (Å²) in [5, 5.41) is 7.91. The van der Waals surface area contributed by atoms with Gasteiger partial charge in [0.2, 0.25) is 0 Å². The van der Waals surface area contributed by atoms with Crippen LogP contribution in [-0.2, 0) is 5.41 Å². The van der Waals surface area contributed by atoms with Gasteiger partial charge in [-0.2, -0.15) is 0 Å². The van der Waals surface area contributed by atoms with Crippen LogP contribution in [0.2, 0.25) is 0 Å². The summed E-state index contributed by atoms with van der Waals surface area (Å²) in [5.41, 5.74) is 16.0. The molecule has 0 bridgehead atoms. The molecule has 2 saturated heterocycles. The molecule has 1 aliphatic carbocycles. The highest BCUT2D eigenvalue weighted by Crippen LogP contribution is 2.51. The van der Waals surface area contributed by atoms with Crippen molar-refractivity contribution in [2.24, 2.45) is 0 Å². The summed E-state index contributed by atoms with van der Waals surface area (Å²) in [7, 11) is 0. The molecule has 2 fully saturated rings. The quantitative estimate of drug-likeness (QED) is 0.162. The van der Waals surface area contributed by atoms with Crippen molar-refractivity contribution in [3.8, 4) is 44.5 Å². The number of hydrogen-bond acceptors (Lipinski definition) is 2. The molecule has 0 atom stereocenters. The Labute approximate surface area is 337 Å². The summed E-state index contributed by atoms with van der Waals surface area (Å²) in [6.45, 7) is 9.26. The molecule has 8 aromatic carbocycles. The number of fused-ring (bicyclic) bond motifs is 6. The van der Waals surface area contributed by atoms with Crippen LogP contribution in [0.25, 0.3) is 76.8 Å². The molecule has 2 heteroatoms. The van der Waals surface area contributed by atoms with Crippen LogP contribution in [0.15, 0.2) is 146 Å². The number of anilines is 2. The predicted octanol–water partition coefficient (Wildman–Crippen LogP) is 14.4. The maximum absolute atomic E-state index is 2.62. The average molecular weight is 739 g/mol. The molecule has 57 heavy (non-hydrogen) atoms. The fourth-order valence-corrected chi connectivity index (χ4v) is 10.7. The second-order valence-corrected chi connectivity index (χ2v) is 17.3.